The summed E-state index contributed by atoms with van der Waals surface area (Å²) < 4.78 is 26.8. The van der Waals surface area contributed by atoms with E-state index in [4.69, 9.17) is 0 Å². The van der Waals surface area contributed by atoms with E-state index in [1.807, 2.05) is 0 Å². The van der Waals surface area contributed by atoms with E-state index in [-0.39, 0.29) is 4.90 Å². The van der Waals surface area contributed by atoms with Crippen LogP contribution in [0.25, 0.3) is 6.08 Å². The van der Waals surface area contributed by atoms with Crippen LogP contribution in [0.4, 0.5) is 0 Å². The van der Waals surface area contributed by atoms with Gasteiger partial charge in [0.15, 0.2) is 0 Å². The molecule has 0 spiro atoms. The minimum atomic E-state index is -3.51. The van der Waals surface area contributed by atoms with E-state index in [1.54, 1.807) is 18.2 Å². The normalized spacial score (nSPS) is 11.1. The molecule has 0 aliphatic heterocycles. The van der Waals surface area contributed by atoms with Crippen molar-refractivity contribution < 1.29 is 32.6 Å². The molecule has 1 aromatic rings. The van der Waals surface area contributed by atoms with Gasteiger partial charge in [-0.05, 0) is 0 Å². The minimum absolute atomic E-state index is 0.181. The SMILES string of the molecule is C=Cc1ccc(S(=O)(=O)[O][Ta])cc1. The Morgan fingerprint density at radius 3 is 2.23 bits per heavy atom. The molecule has 0 aliphatic carbocycles. The van der Waals surface area contributed by atoms with Gasteiger partial charge < -0.3 is 0 Å². The maximum absolute atomic E-state index is 11.2. The molecule has 0 fully saturated rings. The topological polar surface area (TPSA) is 43.4 Å². The molecule has 1 aromatic carbocycles. The van der Waals surface area contributed by atoms with Gasteiger partial charge in [0, 0.05) is 0 Å². The first-order chi connectivity index (χ1) is 6.10. The van der Waals surface area contributed by atoms with Gasteiger partial charge in [-0.1, -0.05) is 0 Å². The molecule has 1 rings (SSSR count). The summed E-state index contributed by atoms with van der Waals surface area (Å²) in [6, 6.07) is 6.36. The molecule has 68 valence electrons. The molecule has 0 unspecified atom stereocenters. The Kier molecular flexibility index (Phi) is 3.47. The summed E-state index contributed by atoms with van der Waals surface area (Å²) >= 11 is 0.366. The predicted molar refractivity (Wildman–Crippen MR) is 44.8 cm³/mol. The second-order valence-corrected chi connectivity index (χ2v) is 5.44. The van der Waals surface area contributed by atoms with Gasteiger partial charge in [-0.3, -0.25) is 0 Å². The van der Waals surface area contributed by atoms with Crippen molar-refractivity contribution in [3.63, 3.8) is 0 Å². The van der Waals surface area contributed by atoms with Gasteiger partial charge in [-0.2, -0.15) is 0 Å². The van der Waals surface area contributed by atoms with E-state index in [1.165, 1.54) is 12.1 Å². The Morgan fingerprint density at radius 1 is 1.31 bits per heavy atom. The van der Waals surface area contributed by atoms with Crippen molar-refractivity contribution in [3.8, 4) is 0 Å². The van der Waals surface area contributed by atoms with Gasteiger partial charge in [0.2, 0.25) is 0 Å². The summed E-state index contributed by atoms with van der Waals surface area (Å²) in [6.07, 6.45) is 1.65. The Bertz CT molecular complexity index is 394. The summed E-state index contributed by atoms with van der Waals surface area (Å²) in [4.78, 5) is 0.181. The predicted octanol–water partition coefficient (Wildman–Crippen LogP) is 1.50. The van der Waals surface area contributed by atoms with E-state index in [0.29, 0.717) is 21.5 Å². The van der Waals surface area contributed by atoms with E-state index in [9.17, 15) is 8.42 Å². The van der Waals surface area contributed by atoms with Crippen LogP contribution in [0.1, 0.15) is 5.56 Å². The van der Waals surface area contributed by atoms with Crippen molar-refractivity contribution in [2.45, 2.75) is 4.90 Å². The van der Waals surface area contributed by atoms with Crippen LogP contribution in [0.15, 0.2) is 35.7 Å². The zero-order valence-corrected chi connectivity index (χ0v) is 10.7. The summed E-state index contributed by atoms with van der Waals surface area (Å²) in [6.45, 7) is 3.57. The number of hydrogen-bond donors (Lipinski definition) is 0. The maximum atomic E-state index is 11.2. The van der Waals surface area contributed by atoms with Crippen LogP contribution in [-0.2, 0) is 34.3 Å². The van der Waals surface area contributed by atoms with Crippen LogP contribution in [0.3, 0.4) is 0 Å². The quantitative estimate of drug-likeness (QED) is 0.817. The Hall–Kier alpha value is -0.390. The second-order valence-electron chi connectivity index (χ2n) is 2.30. The van der Waals surface area contributed by atoms with Crippen molar-refractivity contribution in [2.75, 3.05) is 0 Å². The monoisotopic (exact) mass is 364 g/mol. The number of rotatable bonds is 3. The zero-order chi connectivity index (χ0) is 9.90. The molecule has 0 bridgehead atoms. The molecule has 0 aromatic heterocycles. The van der Waals surface area contributed by atoms with E-state index < -0.39 is 10.1 Å². The van der Waals surface area contributed by atoms with Gasteiger partial charge in [0.1, 0.15) is 0 Å². The Balaban J connectivity index is 3.13. The van der Waals surface area contributed by atoms with Crippen molar-refractivity contribution in [3.05, 3.63) is 36.4 Å². The molecular weight excluding hydrogens is 357 g/mol. The fourth-order valence-electron chi connectivity index (χ4n) is 0.814. The molecule has 0 heterocycles. The first-order valence-corrected chi connectivity index (χ1v) is 6.13. The van der Waals surface area contributed by atoms with Crippen LogP contribution < -0.4 is 0 Å². The Morgan fingerprint density at radius 2 is 1.85 bits per heavy atom. The molecule has 0 atom stereocenters. The van der Waals surface area contributed by atoms with Gasteiger partial charge >= 0.3 is 90.1 Å². The molecule has 3 nitrogen and oxygen atoms in total. The molecule has 5 heteroatoms. The molecule has 0 saturated carbocycles. The summed E-state index contributed by atoms with van der Waals surface area (Å²) in [5, 5.41) is 0. The fourth-order valence-corrected chi connectivity index (χ4v) is 2.30. The average molecular weight is 364 g/mol. The van der Waals surface area contributed by atoms with Gasteiger partial charge in [-0.15, -0.1) is 0 Å². The summed E-state index contributed by atoms with van der Waals surface area (Å²) in [5.74, 6) is 0. The van der Waals surface area contributed by atoms with Crippen molar-refractivity contribution in [1.82, 2.24) is 0 Å². The second kappa shape index (κ2) is 4.21. The van der Waals surface area contributed by atoms with Crippen molar-refractivity contribution in [2.24, 2.45) is 0 Å². The van der Waals surface area contributed by atoms with Crippen LogP contribution in [0.2, 0.25) is 0 Å². The van der Waals surface area contributed by atoms with E-state index in [0.717, 1.165) is 5.56 Å². The molecule has 0 radical (unpaired) electrons. The molecule has 0 amide bonds. The van der Waals surface area contributed by atoms with Crippen LogP contribution in [0.5, 0.6) is 0 Å². The first-order valence-electron chi connectivity index (χ1n) is 3.40. The van der Waals surface area contributed by atoms with Gasteiger partial charge in [0.25, 0.3) is 0 Å². The Labute approximate surface area is 90.0 Å². The van der Waals surface area contributed by atoms with Gasteiger partial charge in [0.05, 0.1) is 0 Å². The molecule has 0 saturated heterocycles. The molecular formula is C8H7O3STa. The zero-order valence-electron chi connectivity index (χ0n) is 6.67. The van der Waals surface area contributed by atoms with Crippen LogP contribution in [0, 0.1) is 0 Å². The van der Waals surface area contributed by atoms with Crippen LogP contribution in [-0.4, -0.2) is 8.42 Å². The van der Waals surface area contributed by atoms with E-state index >= 15 is 0 Å². The third-order valence-corrected chi connectivity index (χ3v) is 4.66. The fraction of sp³-hybridized carbons (Fsp3) is 0. The summed E-state index contributed by atoms with van der Waals surface area (Å²) in [5.41, 5.74) is 0.879. The number of benzene rings is 1. The third-order valence-electron chi connectivity index (χ3n) is 1.50. The third kappa shape index (κ3) is 2.52. The first kappa shape index (κ1) is 10.7. The van der Waals surface area contributed by atoms with Gasteiger partial charge in [-0.25, -0.2) is 0 Å². The van der Waals surface area contributed by atoms with Crippen molar-refractivity contribution >= 4 is 16.2 Å². The van der Waals surface area contributed by atoms with Crippen molar-refractivity contribution in [1.29, 1.82) is 0 Å². The summed E-state index contributed by atoms with van der Waals surface area (Å²) in [7, 11) is -3.51. The molecule has 13 heavy (non-hydrogen) atoms. The number of hydrogen-bond acceptors (Lipinski definition) is 3. The average Bonchev–Trinajstić information content (AvgIpc) is 2.18. The molecule has 0 aliphatic rings. The van der Waals surface area contributed by atoms with Crippen LogP contribution >= 0.6 is 0 Å². The molecule has 0 N–H and O–H groups in total. The van der Waals surface area contributed by atoms with E-state index in [2.05, 4.69) is 9.27 Å². The standard InChI is InChI=1S/C8H8O3S.Ta/c1-2-7-3-5-8(6-4-7)12(9,10)11;/h2-6H,1H2,(H,9,10,11);/q;+1/p-1.